The molecule has 0 spiro atoms. The van der Waals surface area contributed by atoms with Gasteiger partial charge in [0.2, 0.25) is 0 Å². The number of hydrogen-bond donors (Lipinski definition) is 0. The number of Topliss-reactive ketones (excluding diaryl/α,β-unsaturated/α-hetero) is 1. The van der Waals surface area contributed by atoms with E-state index >= 15 is 0 Å². The molecule has 3 aliphatic carbocycles. The van der Waals surface area contributed by atoms with E-state index in [1.54, 1.807) is 6.92 Å². The second kappa shape index (κ2) is 7.70. The Balaban J connectivity index is 1.66. The highest BCUT2D eigenvalue weighted by Crippen LogP contribution is 2.60. The number of ketones is 1. The van der Waals surface area contributed by atoms with Gasteiger partial charge in [0, 0.05) is 5.41 Å². The van der Waals surface area contributed by atoms with Gasteiger partial charge in [-0.25, -0.2) is 0 Å². The number of fused-ring (bicyclic) bond motifs is 3. The molecule has 0 aliphatic heterocycles. The largest absolute Gasteiger partial charge is 0.294 e. The monoisotopic (exact) mass is 387 g/mol. The van der Waals surface area contributed by atoms with Crippen molar-refractivity contribution >= 4 is 11.9 Å². The van der Waals surface area contributed by atoms with Gasteiger partial charge >= 0.3 is 0 Å². The first-order chi connectivity index (χ1) is 13.9. The molecule has 3 saturated carbocycles. The third kappa shape index (κ3) is 3.48. The highest BCUT2D eigenvalue weighted by molar-refractivity contribution is 6.05. The van der Waals surface area contributed by atoms with Crippen LogP contribution in [-0.2, 0) is 4.79 Å². The first-order valence-electron chi connectivity index (χ1n) is 10.6. The third-order valence-corrected chi connectivity index (χ3v) is 7.45. The predicted octanol–water partition coefficient (Wildman–Crippen LogP) is 6.64. The van der Waals surface area contributed by atoms with Gasteiger partial charge in [-0.1, -0.05) is 55.5 Å². The van der Waals surface area contributed by atoms with E-state index < -0.39 is 0 Å². The minimum Gasteiger partial charge on any atom is -0.294 e. The number of nitrogens with zero attached hydrogens (tertiary/aromatic N) is 1. The lowest BCUT2D eigenvalue weighted by atomic mass is 9.55. The number of carbonyl (C=O) groups excluding carboxylic acids is 1. The van der Waals surface area contributed by atoms with Gasteiger partial charge in [-0.05, 0) is 90.8 Å². The molecule has 0 amide bonds. The van der Waals surface area contributed by atoms with Crippen molar-refractivity contribution in [1.29, 1.82) is 0 Å². The second-order valence-electron chi connectivity index (χ2n) is 9.11. The standard InChI is InChI=1S/C26H29NO2/c1-17-9-11-23-22(21(17)12-10-18(2)27-29)13-14-26(3)24(23)16-20(25(26)28)15-19-7-5-4-6-8-19/h4-8,10,12,15,22-24H,1,9,11,13-14,16H2,2-3H3/b18-10+,20-15+,21-12+/t22?,23?,24?,26-/m0/s1. The fraction of sp³-hybridized carbons (Fsp3) is 0.423. The summed E-state index contributed by atoms with van der Waals surface area (Å²) in [7, 11) is 0. The Hall–Kier alpha value is -2.55. The molecule has 0 heterocycles. The molecule has 0 aromatic heterocycles. The van der Waals surface area contributed by atoms with E-state index in [4.69, 9.17) is 0 Å². The molecule has 0 N–H and O–H groups in total. The zero-order valence-electron chi connectivity index (χ0n) is 17.4. The van der Waals surface area contributed by atoms with Crippen molar-refractivity contribution in [3.05, 3.63) is 81.9 Å². The summed E-state index contributed by atoms with van der Waals surface area (Å²) < 4.78 is 0. The first-order valence-corrected chi connectivity index (χ1v) is 10.6. The number of benzene rings is 1. The van der Waals surface area contributed by atoms with E-state index in [-0.39, 0.29) is 5.41 Å². The smallest absolute Gasteiger partial charge is 0.165 e. The predicted molar refractivity (Wildman–Crippen MR) is 118 cm³/mol. The maximum atomic E-state index is 13.4. The average molecular weight is 388 g/mol. The average Bonchev–Trinajstić information content (AvgIpc) is 2.98. The van der Waals surface area contributed by atoms with Crippen LogP contribution in [0.2, 0.25) is 0 Å². The molecule has 3 nitrogen and oxygen atoms in total. The SMILES string of the molecule is C=C1CCC2C(CC[C@]3(C)C(=O)/C(=C/c4ccccc4)CC23)/C1=C/C=C(\C)N=O. The van der Waals surface area contributed by atoms with Crippen LogP contribution < -0.4 is 0 Å². The van der Waals surface area contributed by atoms with E-state index in [1.165, 1.54) is 11.1 Å². The topological polar surface area (TPSA) is 46.5 Å². The quantitative estimate of drug-likeness (QED) is 0.431. The van der Waals surface area contributed by atoms with Crippen molar-refractivity contribution in [2.75, 3.05) is 0 Å². The van der Waals surface area contributed by atoms with Gasteiger partial charge in [0.1, 0.15) is 0 Å². The summed E-state index contributed by atoms with van der Waals surface area (Å²) in [6.07, 6.45) is 10.8. The Bertz CT molecular complexity index is 937. The van der Waals surface area contributed by atoms with Crippen molar-refractivity contribution in [1.82, 2.24) is 0 Å². The van der Waals surface area contributed by atoms with Gasteiger partial charge in [0.25, 0.3) is 0 Å². The van der Waals surface area contributed by atoms with Gasteiger partial charge in [-0.2, -0.15) is 0 Å². The van der Waals surface area contributed by atoms with Gasteiger partial charge in [-0.3, -0.25) is 4.79 Å². The lowest BCUT2D eigenvalue weighted by Gasteiger charge is -2.48. The van der Waals surface area contributed by atoms with Crippen LogP contribution in [0.3, 0.4) is 0 Å². The molecule has 4 rings (SSSR count). The second-order valence-corrected chi connectivity index (χ2v) is 9.11. The fourth-order valence-corrected chi connectivity index (χ4v) is 5.86. The molecule has 0 saturated heterocycles. The molecule has 3 unspecified atom stereocenters. The Labute approximate surface area is 173 Å². The molecular formula is C26H29NO2. The van der Waals surface area contributed by atoms with Crippen molar-refractivity contribution < 1.29 is 4.79 Å². The summed E-state index contributed by atoms with van der Waals surface area (Å²) in [6.45, 7) is 8.21. The van der Waals surface area contributed by atoms with E-state index in [0.29, 0.717) is 29.2 Å². The Morgan fingerprint density at radius 2 is 2.00 bits per heavy atom. The summed E-state index contributed by atoms with van der Waals surface area (Å²) in [5.41, 5.74) is 4.77. The van der Waals surface area contributed by atoms with Crippen LogP contribution in [0.1, 0.15) is 51.5 Å². The molecule has 0 radical (unpaired) electrons. The molecule has 3 aliphatic rings. The number of hydrogen-bond acceptors (Lipinski definition) is 3. The lowest BCUT2D eigenvalue weighted by molar-refractivity contribution is -0.127. The van der Waals surface area contributed by atoms with Crippen LogP contribution in [0, 0.1) is 28.1 Å². The Kier molecular flexibility index (Phi) is 5.24. The molecule has 3 fully saturated rings. The molecule has 29 heavy (non-hydrogen) atoms. The highest BCUT2D eigenvalue weighted by Gasteiger charge is 2.56. The van der Waals surface area contributed by atoms with Crippen molar-refractivity contribution in [2.24, 2.45) is 28.3 Å². The van der Waals surface area contributed by atoms with Crippen molar-refractivity contribution in [3.63, 3.8) is 0 Å². The van der Waals surface area contributed by atoms with Crippen LogP contribution in [0.15, 0.2) is 76.7 Å². The van der Waals surface area contributed by atoms with Gasteiger partial charge in [-0.15, -0.1) is 4.91 Å². The molecule has 3 heteroatoms. The number of allylic oxidation sites excluding steroid dienone is 6. The van der Waals surface area contributed by atoms with Gasteiger partial charge in [0.05, 0.1) is 5.70 Å². The molecule has 150 valence electrons. The van der Waals surface area contributed by atoms with E-state index in [9.17, 15) is 9.70 Å². The Morgan fingerprint density at radius 3 is 2.72 bits per heavy atom. The summed E-state index contributed by atoms with van der Waals surface area (Å²) in [5, 5.41) is 3.01. The summed E-state index contributed by atoms with van der Waals surface area (Å²) in [4.78, 5) is 24.1. The summed E-state index contributed by atoms with van der Waals surface area (Å²) >= 11 is 0. The fourth-order valence-electron chi connectivity index (χ4n) is 5.86. The van der Waals surface area contributed by atoms with Crippen LogP contribution in [0.4, 0.5) is 0 Å². The summed E-state index contributed by atoms with van der Waals surface area (Å²) in [5.74, 6) is 1.65. The third-order valence-electron chi connectivity index (χ3n) is 7.45. The molecule has 1 aromatic rings. The molecular weight excluding hydrogens is 358 g/mol. The minimum atomic E-state index is -0.248. The Morgan fingerprint density at radius 1 is 1.24 bits per heavy atom. The van der Waals surface area contributed by atoms with Crippen LogP contribution in [0.5, 0.6) is 0 Å². The van der Waals surface area contributed by atoms with Gasteiger partial charge < -0.3 is 0 Å². The zero-order chi connectivity index (χ0) is 20.6. The van der Waals surface area contributed by atoms with Crippen molar-refractivity contribution in [3.8, 4) is 0 Å². The van der Waals surface area contributed by atoms with Crippen molar-refractivity contribution in [2.45, 2.75) is 46.0 Å². The van der Waals surface area contributed by atoms with Crippen LogP contribution in [0.25, 0.3) is 6.08 Å². The molecule has 1 aromatic carbocycles. The highest BCUT2D eigenvalue weighted by atomic mass is 16.3. The number of rotatable bonds is 3. The van der Waals surface area contributed by atoms with Gasteiger partial charge in [0.15, 0.2) is 5.78 Å². The van der Waals surface area contributed by atoms with E-state index in [0.717, 1.165) is 43.2 Å². The normalized spacial score (nSPS) is 35.0. The van der Waals surface area contributed by atoms with Crippen LogP contribution >= 0.6 is 0 Å². The zero-order valence-corrected chi connectivity index (χ0v) is 17.4. The van der Waals surface area contributed by atoms with Crippen LogP contribution in [-0.4, -0.2) is 5.78 Å². The first kappa shape index (κ1) is 19.8. The minimum absolute atomic E-state index is 0.248. The maximum Gasteiger partial charge on any atom is 0.165 e. The lowest BCUT2D eigenvalue weighted by Crippen LogP contribution is -2.43. The molecule has 0 bridgehead atoms. The number of nitroso groups, excluding NO2 is 1. The molecule has 4 atom stereocenters. The van der Waals surface area contributed by atoms with E-state index in [2.05, 4.69) is 43.0 Å². The van der Waals surface area contributed by atoms with E-state index in [1.807, 2.05) is 24.3 Å². The summed E-state index contributed by atoms with van der Waals surface area (Å²) in [6, 6.07) is 10.2. The maximum absolute atomic E-state index is 13.4. The number of carbonyl (C=O) groups is 1.